The van der Waals surface area contributed by atoms with E-state index in [9.17, 15) is 9.59 Å². The minimum atomic E-state index is -0.405. The Kier molecular flexibility index (Phi) is 4.13. The standard InChI is InChI=1S/C10H12ClN3O2/c1-13-9(15)5-14-10(16)7-3-2-6(11)4-8(7)12/h2-4H,5,12H2,1H3,(H,13,15)(H,14,16). The van der Waals surface area contributed by atoms with Crippen LogP contribution < -0.4 is 16.4 Å². The molecule has 0 unspecified atom stereocenters. The number of anilines is 1. The van der Waals surface area contributed by atoms with E-state index in [2.05, 4.69) is 10.6 Å². The fourth-order valence-electron chi connectivity index (χ4n) is 1.08. The molecule has 16 heavy (non-hydrogen) atoms. The Labute approximate surface area is 98.0 Å². The van der Waals surface area contributed by atoms with Gasteiger partial charge in [-0.15, -0.1) is 0 Å². The van der Waals surface area contributed by atoms with E-state index >= 15 is 0 Å². The van der Waals surface area contributed by atoms with Crippen molar-refractivity contribution >= 4 is 29.1 Å². The van der Waals surface area contributed by atoms with Crippen molar-refractivity contribution in [2.45, 2.75) is 0 Å². The summed E-state index contributed by atoms with van der Waals surface area (Å²) in [6.45, 7) is -0.0859. The molecular weight excluding hydrogens is 230 g/mol. The van der Waals surface area contributed by atoms with Crippen molar-refractivity contribution < 1.29 is 9.59 Å². The Hall–Kier alpha value is -1.75. The van der Waals surface area contributed by atoms with E-state index in [4.69, 9.17) is 17.3 Å². The average Bonchev–Trinajstić information content (AvgIpc) is 2.25. The van der Waals surface area contributed by atoms with Crippen LogP contribution >= 0.6 is 11.6 Å². The lowest BCUT2D eigenvalue weighted by molar-refractivity contribution is -0.119. The van der Waals surface area contributed by atoms with Crippen LogP contribution in [0, 0.1) is 0 Å². The minimum absolute atomic E-state index is 0.0859. The van der Waals surface area contributed by atoms with Gasteiger partial charge in [0.25, 0.3) is 5.91 Å². The smallest absolute Gasteiger partial charge is 0.253 e. The summed E-state index contributed by atoms with van der Waals surface area (Å²) in [6.07, 6.45) is 0. The maximum atomic E-state index is 11.6. The molecule has 0 fully saturated rings. The zero-order valence-corrected chi connectivity index (χ0v) is 9.47. The van der Waals surface area contributed by atoms with Crippen molar-refractivity contribution in [2.24, 2.45) is 0 Å². The molecule has 2 amide bonds. The van der Waals surface area contributed by atoms with Crippen LogP contribution in [0.4, 0.5) is 5.69 Å². The van der Waals surface area contributed by atoms with E-state index in [0.717, 1.165) is 0 Å². The summed E-state index contributed by atoms with van der Waals surface area (Å²) in [5, 5.41) is 5.28. The Balaban J connectivity index is 2.70. The van der Waals surface area contributed by atoms with Crippen LogP contribution in [0.5, 0.6) is 0 Å². The second-order valence-corrected chi connectivity index (χ2v) is 3.52. The molecule has 5 nitrogen and oxygen atoms in total. The van der Waals surface area contributed by atoms with E-state index in [0.29, 0.717) is 10.6 Å². The number of carbonyl (C=O) groups excluding carboxylic acids is 2. The van der Waals surface area contributed by atoms with Gasteiger partial charge < -0.3 is 16.4 Å². The van der Waals surface area contributed by atoms with Crippen molar-refractivity contribution in [1.29, 1.82) is 0 Å². The molecule has 0 saturated heterocycles. The number of amides is 2. The van der Waals surface area contributed by atoms with Crippen molar-refractivity contribution in [3.8, 4) is 0 Å². The summed E-state index contributed by atoms with van der Waals surface area (Å²) in [6, 6.07) is 4.56. The van der Waals surface area contributed by atoms with E-state index in [1.54, 1.807) is 6.07 Å². The summed E-state index contributed by atoms with van der Waals surface area (Å²) < 4.78 is 0. The van der Waals surface area contributed by atoms with Gasteiger partial charge in [0, 0.05) is 17.8 Å². The van der Waals surface area contributed by atoms with Gasteiger partial charge in [-0.25, -0.2) is 0 Å². The van der Waals surface area contributed by atoms with Gasteiger partial charge in [0.05, 0.1) is 12.1 Å². The van der Waals surface area contributed by atoms with E-state index in [1.165, 1.54) is 19.2 Å². The lowest BCUT2D eigenvalue weighted by Gasteiger charge is -2.06. The lowest BCUT2D eigenvalue weighted by atomic mass is 10.1. The number of nitrogen functional groups attached to an aromatic ring is 1. The first-order valence-electron chi connectivity index (χ1n) is 4.58. The second kappa shape index (κ2) is 5.37. The molecule has 1 aromatic carbocycles. The third-order valence-electron chi connectivity index (χ3n) is 1.95. The topological polar surface area (TPSA) is 84.2 Å². The van der Waals surface area contributed by atoms with E-state index in [-0.39, 0.29) is 18.1 Å². The highest BCUT2D eigenvalue weighted by Crippen LogP contribution is 2.17. The van der Waals surface area contributed by atoms with E-state index < -0.39 is 5.91 Å². The van der Waals surface area contributed by atoms with Gasteiger partial charge in [-0.2, -0.15) is 0 Å². The van der Waals surface area contributed by atoms with Gasteiger partial charge in [-0.3, -0.25) is 9.59 Å². The molecule has 0 radical (unpaired) electrons. The zero-order valence-electron chi connectivity index (χ0n) is 8.71. The number of nitrogens with two attached hydrogens (primary N) is 1. The summed E-state index contributed by atoms with van der Waals surface area (Å²) in [4.78, 5) is 22.5. The van der Waals surface area contributed by atoms with Crippen molar-refractivity contribution in [3.05, 3.63) is 28.8 Å². The molecule has 0 bridgehead atoms. The number of carbonyl (C=O) groups is 2. The van der Waals surface area contributed by atoms with Gasteiger partial charge in [0.1, 0.15) is 0 Å². The maximum absolute atomic E-state index is 11.6. The van der Waals surface area contributed by atoms with Gasteiger partial charge in [0.15, 0.2) is 0 Å². The molecule has 0 heterocycles. The van der Waals surface area contributed by atoms with Crippen LogP contribution in [0.3, 0.4) is 0 Å². The Morgan fingerprint density at radius 2 is 2.12 bits per heavy atom. The first-order valence-corrected chi connectivity index (χ1v) is 4.96. The molecule has 6 heteroatoms. The molecule has 0 aromatic heterocycles. The Morgan fingerprint density at radius 1 is 1.44 bits per heavy atom. The SMILES string of the molecule is CNC(=O)CNC(=O)c1ccc(Cl)cc1N. The monoisotopic (exact) mass is 241 g/mol. The van der Waals surface area contributed by atoms with Crippen molar-refractivity contribution in [2.75, 3.05) is 19.3 Å². The van der Waals surface area contributed by atoms with Crippen LogP contribution in [0.15, 0.2) is 18.2 Å². The molecule has 0 aliphatic rings. The molecule has 0 atom stereocenters. The summed E-state index contributed by atoms with van der Waals surface area (Å²) in [5.74, 6) is -0.682. The highest BCUT2D eigenvalue weighted by atomic mass is 35.5. The van der Waals surface area contributed by atoms with Crippen molar-refractivity contribution in [3.63, 3.8) is 0 Å². The van der Waals surface area contributed by atoms with Crippen LogP contribution in [-0.2, 0) is 4.79 Å². The third kappa shape index (κ3) is 3.13. The van der Waals surface area contributed by atoms with Gasteiger partial charge >= 0.3 is 0 Å². The Morgan fingerprint density at radius 3 is 2.69 bits per heavy atom. The Bertz CT molecular complexity index is 421. The molecule has 0 saturated carbocycles. The predicted octanol–water partition coefficient (Wildman–Crippen LogP) is 0.398. The largest absolute Gasteiger partial charge is 0.398 e. The van der Waals surface area contributed by atoms with Gasteiger partial charge in [0.2, 0.25) is 5.91 Å². The summed E-state index contributed by atoms with van der Waals surface area (Å²) in [5.41, 5.74) is 6.19. The van der Waals surface area contributed by atoms with Crippen LogP contribution in [0.2, 0.25) is 5.02 Å². The van der Waals surface area contributed by atoms with Crippen LogP contribution in [0.25, 0.3) is 0 Å². The average molecular weight is 242 g/mol. The number of likely N-dealkylation sites (N-methyl/N-ethyl adjacent to an activating group) is 1. The number of benzene rings is 1. The molecule has 0 aliphatic heterocycles. The summed E-state index contributed by atoms with van der Waals surface area (Å²) in [7, 11) is 1.49. The number of halogens is 1. The molecule has 0 spiro atoms. The van der Waals surface area contributed by atoms with Gasteiger partial charge in [-0.1, -0.05) is 11.6 Å². The van der Waals surface area contributed by atoms with Gasteiger partial charge in [-0.05, 0) is 18.2 Å². The fraction of sp³-hybridized carbons (Fsp3) is 0.200. The predicted molar refractivity (Wildman–Crippen MR) is 62.3 cm³/mol. The summed E-state index contributed by atoms with van der Waals surface area (Å²) >= 11 is 5.70. The number of nitrogens with one attached hydrogen (secondary N) is 2. The second-order valence-electron chi connectivity index (χ2n) is 3.09. The molecular formula is C10H12ClN3O2. The normalized spacial score (nSPS) is 9.62. The number of hydrogen-bond acceptors (Lipinski definition) is 3. The van der Waals surface area contributed by atoms with Crippen LogP contribution in [0.1, 0.15) is 10.4 Å². The molecule has 1 rings (SSSR count). The highest BCUT2D eigenvalue weighted by molar-refractivity contribution is 6.31. The number of rotatable bonds is 3. The zero-order chi connectivity index (χ0) is 12.1. The highest BCUT2D eigenvalue weighted by Gasteiger charge is 2.10. The first kappa shape index (κ1) is 12.3. The maximum Gasteiger partial charge on any atom is 0.253 e. The third-order valence-corrected chi connectivity index (χ3v) is 2.18. The minimum Gasteiger partial charge on any atom is -0.398 e. The first-order chi connectivity index (χ1) is 7.54. The fourth-order valence-corrected chi connectivity index (χ4v) is 1.27. The molecule has 1 aromatic rings. The van der Waals surface area contributed by atoms with Crippen molar-refractivity contribution in [1.82, 2.24) is 10.6 Å². The van der Waals surface area contributed by atoms with Crippen LogP contribution in [-0.4, -0.2) is 25.4 Å². The number of hydrogen-bond donors (Lipinski definition) is 3. The molecule has 4 N–H and O–H groups in total. The lowest BCUT2D eigenvalue weighted by Crippen LogP contribution is -2.35. The molecule has 86 valence electrons. The molecule has 0 aliphatic carbocycles. The van der Waals surface area contributed by atoms with E-state index in [1.807, 2.05) is 0 Å². The quantitative estimate of drug-likeness (QED) is 0.670.